The van der Waals surface area contributed by atoms with Crippen LogP contribution in [0.1, 0.15) is 35.6 Å². The number of rotatable bonds is 13. The maximum atomic E-state index is 14.0. The summed E-state index contributed by atoms with van der Waals surface area (Å²) in [6, 6.07) is 25.1. The number of benzene rings is 3. The van der Waals surface area contributed by atoms with Crippen molar-refractivity contribution < 1.29 is 24.1 Å². The van der Waals surface area contributed by atoms with E-state index in [0.29, 0.717) is 50.7 Å². The Hall–Kier alpha value is -3.20. The van der Waals surface area contributed by atoms with Gasteiger partial charge in [-0.1, -0.05) is 58.4 Å². The van der Waals surface area contributed by atoms with Crippen molar-refractivity contribution in [2.45, 2.75) is 30.9 Å². The van der Waals surface area contributed by atoms with E-state index in [4.69, 9.17) is 24.3 Å². The minimum Gasteiger partial charge on any atom is -0.494 e. The molecule has 200 valence electrons. The summed E-state index contributed by atoms with van der Waals surface area (Å²) in [5.41, 5.74) is 1.39. The zero-order valence-corrected chi connectivity index (χ0v) is 23.0. The Labute approximate surface area is 232 Å². The van der Waals surface area contributed by atoms with Crippen LogP contribution in [-0.2, 0) is 20.7 Å². The second kappa shape index (κ2) is 13.6. The molecule has 2 atom stereocenters. The molecule has 1 aliphatic rings. The van der Waals surface area contributed by atoms with Crippen LogP contribution in [0.25, 0.3) is 0 Å². The predicted octanol–water partition coefficient (Wildman–Crippen LogP) is 4.86. The zero-order valence-electron chi connectivity index (χ0n) is 21.4. The highest BCUT2D eigenvalue weighted by molar-refractivity contribution is 9.10. The normalized spacial score (nSPS) is 18.5. The van der Waals surface area contributed by atoms with Crippen molar-refractivity contribution in [2.75, 3.05) is 33.5 Å². The van der Waals surface area contributed by atoms with Crippen LogP contribution >= 0.6 is 15.9 Å². The van der Waals surface area contributed by atoms with E-state index in [9.17, 15) is 4.79 Å². The molecule has 3 aromatic rings. The van der Waals surface area contributed by atoms with Crippen LogP contribution in [0.15, 0.2) is 88.3 Å². The Balaban J connectivity index is 1.72. The fourth-order valence-electron chi connectivity index (χ4n) is 4.40. The van der Waals surface area contributed by atoms with Crippen molar-refractivity contribution in [1.29, 1.82) is 0 Å². The average Bonchev–Trinajstić information content (AvgIpc) is 3.34. The quantitative estimate of drug-likeness (QED) is 0.282. The second-order valence-electron chi connectivity index (χ2n) is 9.11. The molecule has 4 rings (SSSR count). The molecule has 8 heteroatoms. The van der Waals surface area contributed by atoms with Gasteiger partial charge in [-0.3, -0.25) is 4.79 Å². The molecule has 7 nitrogen and oxygen atoms in total. The van der Waals surface area contributed by atoms with Crippen LogP contribution in [-0.4, -0.2) is 55.9 Å². The van der Waals surface area contributed by atoms with Gasteiger partial charge in [0.15, 0.2) is 11.6 Å². The summed E-state index contributed by atoms with van der Waals surface area (Å²) < 4.78 is 18.3. The van der Waals surface area contributed by atoms with E-state index in [0.717, 1.165) is 21.2 Å². The van der Waals surface area contributed by atoms with Crippen molar-refractivity contribution in [2.24, 2.45) is 4.99 Å². The molecule has 0 aliphatic carbocycles. The molecule has 0 bridgehead atoms. The van der Waals surface area contributed by atoms with E-state index in [1.54, 1.807) is 7.11 Å². The van der Waals surface area contributed by atoms with Crippen LogP contribution < -0.4 is 10.1 Å². The Morgan fingerprint density at radius 3 is 2.45 bits per heavy atom. The number of amides is 1. The molecular weight excluding hydrogens is 548 g/mol. The first kappa shape index (κ1) is 27.8. The highest BCUT2D eigenvalue weighted by atomic mass is 79.9. The van der Waals surface area contributed by atoms with Gasteiger partial charge in [-0.2, -0.15) is 0 Å². The van der Waals surface area contributed by atoms with Crippen LogP contribution in [0.2, 0.25) is 0 Å². The molecule has 2 N–H and O–H groups in total. The minimum atomic E-state index is -1.21. The average molecular weight is 582 g/mol. The van der Waals surface area contributed by atoms with Crippen molar-refractivity contribution in [3.05, 3.63) is 100 Å². The third-order valence-corrected chi connectivity index (χ3v) is 6.86. The van der Waals surface area contributed by atoms with E-state index < -0.39 is 11.6 Å². The maximum absolute atomic E-state index is 14.0. The van der Waals surface area contributed by atoms with Crippen molar-refractivity contribution in [3.8, 4) is 5.75 Å². The number of carbonyl (C=O) groups excluding carboxylic acids is 1. The fraction of sp³-hybridized carbons (Fsp3) is 0.333. The number of aliphatic hydroxyl groups excluding tert-OH is 1. The van der Waals surface area contributed by atoms with Gasteiger partial charge in [0.2, 0.25) is 5.90 Å². The first-order valence-corrected chi connectivity index (χ1v) is 13.5. The lowest BCUT2D eigenvalue weighted by Crippen LogP contribution is -2.50. The number of nitrogens with zero attached hydrogens (tertiary/aromatic N) is 1. The van der Waals surface area contributed by atoms with Gasteiger partial charge >= 0.3 is 0 Å². The third-order valence-electron chi connectivity index (χ3n) is 6.33. The Kier molecular flexibility index (Phi) is 9.92. The van der Waals surface area contributed by atoms with Gasteiger partial charge in [-0.05, 0) is 53.9 Å². The minimum absolute atomic E-state index is 0.0809. The van der Waals surface area contributed by atoms with E-state index in [2.05, 4.69) is 21.2 Å². The first-order chi connectivity index (χ1) is 18.6. The lowest BCUT2D eigenvalue weighted by atomic mass is 9.82. The smallest absolute Gasteiger partial charge is 0.252 e. The van der Waals surface area contributed by atoms with E-state index in [1.165, 1.54) is 0 Å². The largest absolute Gasteiger partial charge is 0.494 e. The number of aliphatic hydroxyl groups is 1. The Bertz CT molecular complexity index is 1200. The molecule has 1 aliphatic heterocycles. The number of hydrogen-bond donors (Lipinski definition) is 2. The van der Waals surface area contributed by atoms with Gasteiger partial charge in [0.05, 0.1) is 6.61 Å². The first-order valence-electron chi connectivity index (χ1n) is 12.7. The summed E-state index contributed by atoms with van der Waals surface area (Å²) in [6.45, 7) is 1.54. The lowest BCUT2D eigenvalue weighted by molar-refractivity contribution is -0.129. The number of carbonyl (C=O) groups is 1. The van der Waals surface area contributed by atoms with Crippen LogP contribution in [0.3, 0.4) is 0 Å². The summed E-state index contributed by atoms with van der Waals surface area (Å²) >= 11 is 3.50. The molecule has 0 aromatic heterocycles. The van der Waals surface area contributed by atoms with Crippen molar-refractivity contribution in [3.63, 3.8) is 0 Å². The molecular formula is C30H33BrN2O5. The molecule has 0 spiro atoms. The highest BCUT2D eigenvalue weighted by Crippen LogP contribution is 2.42. The number of halogens is 1. The molecule has 0 saturated carbocycles. The number of nitrogens with one attached hydrogen (secondary N) is 1. The molecule has 3 aromatic carbocycles. The standard InChI is InChI=1S/C30H33BrN2O5/c1-36-19-5-17-32-29(35)30(21-22-9-13-25(31)14-10-22)27(23-7-3-2-4-8-23)38-28(33-30)24-11-15-26(16-12-24)37-20-6-18-34/h2-4,7-16,27,34H,5-6,17-21H2,1H3,(H,32,35)/t27-,30-/m1/s1. The van der Waals surface area contributed by atoms with Gasteiger partial charge in [-0.15, -0.1) is 0 Å². The molecule has 1 heterocycles. The second-order valence-corrected chi connectivity index (χ2v) is 10.0. The van der Waals surface area contributed by atoms with Crippen LogP contribution in [0.5, 0.6) is 5.75 Å². The third kappa shape index (κ3) is 6.81. The summed E-state index contributed by atoms with van der Waals surface area (Å²) in [7, 11) is 1.65. The van der Waals surface area contributed by atoms with E-state index >= 15 is 0 Å². The monoisotopic (exact) mass is 580 g/mol. The summed E-state index contributed by atoms with van der Waals surface area (Å²) in [5.74, 6) is 0.909. The van der Waals surface area contributed by atoms with E-state index in [1.807, 2.05) is 78.9 Å². The van der Waals surface area contributed by atoms with Crippen molar-refractivity contribution >= 4 is 27.7 Å². The number of aliphatic imine (C=N–C) groups is 1. The molecule has 0 radical (unpaired) electrons. The lowest BCUT2D eigenvalue weighted by Gasteiger charge is -2.31. The highest BCUT2D eigenvalue weighted by Gasteiger charge is 2.53. The molecule has 38 heavy (non-hydrogen) atoms. The van der Waals surface area contributed by atoms with Gasteiger partial charge in [0.25, 0.3) is 5.91 Å². The summed E-state index contributed by atoms with van der Waals surface area (Å²) in [4.78, 5) is 19.0. The Morgan fingerprint density at radius 1 is 1.03 bits per heavy atom. The number of methoxy groups -OCH3 is 1. The topological polar surface area (TPSA) is 89.4 Å². The fourth-order valence-corrected chi connectivity index (χ4v) is 4.66. The van der Waals surface area contributed by atoms with Gasteiger partial charge < -0.3 is 24.6 Å². The number of ether oxygens (including phenoxy) is 3. The van der Waals surface area contributed by atoms with Crippen LogP contribution in [0.4, 0.5) is 0 Å². The maximum Gasteiger partial charge on any atom is 0.252 e. The van der Waals surface area contributed by atoms with Gasteiger partial charge in [-0.25, -0.2) is 4.99 Å². The van der Waals surface area contributed by atoms with Crippen LogP contribution in [0, 0.1) is 0 Å². The predicted molar refractivity (Wildman–Crippen MR) is 151 cm³/mol. The zero-order chi connectivity index (χ0) is 26.8. The van der Waals surface area contributed by atoms with Gasteiger partial charge in [0.1, 0.15) is 5.75 Å². The molecule has 0 unspecified atom stereocenters. The van der Waals surface area contributed by atoms with Gasteiger partial charge in [0, 0.05) is 49.7 Å². The molecule has 0 fully saturated rings. The SMILES string of the molecule is COCCCNC(=O)[C@]1(Cc2ccc(Br)cc2)N=C(c2ccc(OCCCO)cc2)O[C@@H]1c1ccccc1. The molecule has 0 saturated heterocycles. The number of hydrogen-bond acceptors (Lipinski definition) is 6. The Morgan fingerprint density at radius 2 is 1.76 bits per heavy atom. The summed E-state index contributed by atoms with van der Waals surface area (Å²) in [6.07, 6.45) is 1.00. The van der Waals surface area contributed by atoms with E-state index in [-0.39, 0.29) is 12.5 Å². The summed E-state index contributed by atoms with van der Waals surface area (Å²) in [5, 5.41) is 12.1. The molecule has 1 amide bonds. The van der Waals surface area contributed by atoms with Crippen molar-refractivity contribution in [1.82, 2.24) is 5.32 Å².